The van der Waals surface area contributed by atoms with Crippen molar-refractivity contribution in [1.82, 2.24) is 4.90 Å². The maximum Gasteiger partial charge on any atom is 0.176 e. The molecule has 0 amide bonds. The molecule has 0 unspecified atom stereocenters. The predicted octanol–water partition coefficient (Wildman–Crippen LogP) is 4.88. The van der Waals surface area contributed by atoms with Gasteiger partial charge in [0.25, 0.3) is 0 Å². The van der Waals surface area contributed by atoms with E-state index >= 15 is 0 Å². The lowest BCUT2D eigenvalue weighted by Gasteiger charge is -2.44. The number of nitrogens with zero attached hydrogens (tertiary/aromatic N) is 1. The largest absolute Gasteiger partial charge is 0.503 e. The van der Waals surface area contributed by atoms with Gasteiger partial charge >= 0.3 is 0 Å². The zero-order chi connectivity index (χ0) is 20.7. The van der Waals surface area contributed by atoms with Crippen molar-refractivity contribution in [3.8, 4) is 11.5 Å². The van der Waals surface area contributed by atoms with Gasteiger partial charge in [0.05, 0.1) is 12.1 Å². The molecule has 1 aromatic rings. The highest BCUT2D eigenvalue weighted by atomic mass is 35.5. The Morgan fingerprint density at radius 3 is 2.17 bits per heavy atom. The summed E-state index contributed by atoms with van der Waals surface area (Å²) < 4.78 is 5.30. The SMILES string of the molecule is CCCN1C2=C(C(=O)CCC2)C(c2cc(Cl)c(O)c(OC)c2)C2=C1CCCC2=O. The monoisotopic (exact) mass is 415 g/mol. The highest BCUT2D eigenvalue weighted by Gasteiger charge is 2.43. The zero-order valence-electron chi connectivity index (χ0n) is 16.9. The number of rotatable bonds is 4. The molecule has 29 heavy (non-hydrogen) atoms. The Bertz CT molecular complexity index is 902. The lowest BCUT2D eigenvalue weighted by Crippen LogP contribution is -2.39. The van der Waals surface area contributed by atoms with Crippen LogP contribution in [0.4, 0.5) is 0 Å². The summed E-state index contributed by atoms with van der Waals surface area (Å²) >= 11 is 6.28. The van der Waals surface area contributed by atoms with Crippen molar-refractivity contribution in [2.75, 3.05) is 13.7 Å². The number of allylic oxidation sites excluding steroid dienone is 4. The fourth-order valence-electron chi connectivity index (χ4n) is 4.96. The van der Waals surface area contributed by atoms with Crippen molar-refractivity contribution in [1.29, 1.82) is 0 Å². The number of benzene rings is 1. The Hall–Kier alpha value is -2.27. The first kappa shape index (κ1) is 20.0. The maximum absolute atomic E-state index is 13.1. The lowest BCUT2D eigenvalue weighted by molar-refractivity contribution is -0.117. The molecule has 1 aromatic carbocycles. The van der Waals surface area contributed by atoms with E-state index in [0.717, 1.165) is 66.8 Å². The maximum atomic E-state index is 13.1. The Balaban J connectivity index is 1.98. The number of carbonyl (C=O) groups excluding carboxylic acids is 2. The molecule has 4 rings (SSSR count). The molecule has 1 heterocycles. The molecular weight excluding hydrogens is 390 g/mol. The molecule has 0 saturated heterocycles. The highest BCUT2D eigenvalue weighted by molar-refractivity contribution is 6.32. The van der Waals surface area contributed by atoms with Gasteiger partial charge in [0, 0.05) is 47.8 Å². The van der Waals surface area contributed by atoms with E-state index in [1.165, 1.54) is 7.11 Å². The Labute approximate surface area is 176 Å². The van der Waals surface area contributed by atoms with Gasteiger partial charge in [0.1, 0.15) is 0 Å². The lowest BCUT2D eigenvalue weighted by atomic mass is 9.71. The number of ether oxygens (including phenoxy) is 1. The number of aromatic hydroxyl groups is 1. The van der Waals surface area contributed by atoms with Gasteiger partial charge in [-0.1, -0.05) is 18.5 Å². The molecule has 2 aliphatic carbocycles. The van der Waals surface area contributed by atoms with E-state index in [9.17, 15) is 14.7 Å². The second-order valence-corrected chi connectivity index (χ2v) is 8.32. The van der Waals surface area contributed by atoms with Crippen molar-refractivity contribution < 1.29 is 19.4 Å². The third-order valence-electron chi connectivity index (χ3n) is 6.14. The number of phenols is 1. The highest BCUT2D eigenvalue weighted by Crippen LogP contribution is 2.50. The number of hydrogen-bond donors (Lipinski definition) is 1. The number of carbonyl (C=O) groups is 2. The Morgan fingerprint density at radius 2 is 1.66 bits per heavy atom. The summed E-state index contributed by atoms with van der Waals surface area (Å²) in [6, 6.07) is 3.37. The van der Waals surface area contributed by atoms with E-state index in [2.05, 4.69) is 11.8 Å². The number of methoxy groups -OCH3 is 1. The van der Waals surface area contributed by atoms with E-state index in [-0.39, 0.29) is 28.1 Å². The number of ketones is 2. The van der Waals surface area contributed by atoms with Crippen LogP contribution in [-0.2, 0) is 9.59 Å². The van der Waals surface area contributed by atoms with Gasteiger partial charge in [-0.25, -0.2) is 0 Å². The molecule has 0 fully saturated rings. The quantitative estimate of drug-likeness (QED) is 0.759. The van der Waals surface area contributed by atoms with E-state index in [1.807, 2.05) is 0 Å². The fourth-order valence-corrected chi connectivity index (χ4v) is 5.18. The van der Waals surface area contributed by atoms with Crippen molar-refractivity contribution in [2.45, 2.75) is 57.8 Å². The summed E-state index contributed by atoms with van der Waals surface area (Å²) in [6.45, 7) is 2.93. The summed E-state index contributed by atoms with van der Waals surface area (Å²) in [4.78, 5) is 28.5. The summed E-state index contributed by atoms with van der Waals surface area (Å²) in [5.41, 5.74) is 4.30. The van der Waals surface area contributed by atoms with Crippen LogP contribution in [-0.4, -0.2) is 35.2 Å². The minimum atomic E-state index is -0.444. The van der Waals surface area contributed by atoms with Gasteiger partial charge in [0.15, 0.2) is 23.1 Å². The van der Waals surface area contributed by atoms with Crippen LogP contribution < -0.4 is 4.74 Å². The first-order valence-corrected chi connectivity index (χ1v) is 10.7. The molecule has 0 radical (unpaired) electrons. The summed E-state index contributed by atoms with van der Waals surface area (Å²) in [5, 5.41) is 10.3. The van der Waals surface area contributed by atoms with Crippen LogP contribution in [0.15, 0.2) is 34.7 Å². The molecule has 5 nitrogen and oxygen atoms in total. The molecule has 0 bridgehead atoms. The molecule has 0 aromatic heterocycles. The molecule has 154 valence electrons. The first-order chi connectivity index (χ1) is 14.0. The number of Topliss-reactive ketones (excluding diaryl/α,β-unsaturated/α-hetero) is 2. The van der Waals surface area contributed by atoms with E-state index < -0.39 is 5.92 Å². The first-order valence-electron chi connectivity index (χ1n) is 10.3. The molecule has 6 heteroatoms. The smallest absolute Gasteiger partial charge is 0.176 e. The van der Waals surface area contributed by atoms with E-state index in [1.54, 1.807) is 12.1 Å². The molecule has 1 N–H and O–H groups in total. The van der Waals surface area contributed by atoms with Crippen LogP contribution in [0.5, 0.6) is 11.5 Å². The second-order valence-electron chi connectivity index (χ2n) is 7.91. The molecule has 3 aliphatic rings. The van der Waals surface area contributed by atoms with Crippen LogP contribution in [0, 0.1) is 0 Å². The third kappa shape index (κ3) is 3.25. The van der Waals surface area contributed by atoms with Gasteiger partial charge in [0.2, 0.25) is 0 Å². The molecule has 1 aliphatic heterocycles. The molecule has 0 spiro atoms. The van der Waals surface area contributed by atoms with Crippen molar-refractivity contribution >= 4 is 23.2 Å². The van der Waals surface area contributed by atoms with E-state index in [4.69, 9.17) is 16.3 Å². The van der Waals surface area contributed by atoms with Gasteiger partial charge < -0.3 is 14.7 Å². The topological polar surface area (TPSA) is 66.8 Å². The Morgan fingerprint density at radius 1 is 1.07 bits per heavy atom. The van der Waals surface area contributed by atoms with Gasteiger partial charge in [-0.05, 0) is 49.8 Å². The Kier molecular flexibility index (Phi) is 5.43. The number of hydrogen-bond acceptors (Lipinski definition) is 5. The fraction of sp³-hybridized carbons (Fsp3) is 0.478. The minimum Gasteiger partial charge on any atom is -0.503 e. The van der Waals surface area contributed by atoms with Gasteiger partial charge in [-0.15, -0.1) is 0 Å². The van der Waals surface area contributed by atoms with Gasteiger partial charge in [-0.3, -0.25) is 9.59 Å². The molecular formula is C23H26ClNO4. The van der Waals surface area contributed by atoms with Crippen LogP contribution in [0.2, 0.25) is 5.02 Å². The van der Waals surface area contributed by atoms with Crippen LogP contribution >= 0.6 is 11.6 Å². The van der Waals surface area contributed by atoms with E-state index in [0.29, 0.717) is 12.8 Å². The average Bonchev–Trinajstić information content (AvgIpc) is 2.71. The standard InChI is InChI=1S/C23H26ClNO4/c1-3-10-25-15-6-4-8-17(26)21(15)20(22-16(25)7-5-9-18(22)27)13-11-14(24)23(28)19(12-13)29-2/h11-12,20,28H,3-10H2,1-2H3. The number of halogens is 1. The van der Waals surface area contributed by atoms with Crippen molar-refractivity contribution in [3.05, 3.63) is 45.3 Å². The average molecular weight is 416 g/mol. The summed E-state index contributed by atoms with van der Waals surface area (Å²) in [7, 11) is 1.46. The summed E-state index contributed by atoms with van der Waals surface area (Å²) in [5.74, 6) is -0.120. The third-order valence-corrected chi connectivity index (χ3v) is 6.43. The van der Waals surface area contributed by atoms with Crippen LogP contribution in [0.25, 0.3) is 0 Å². The predicted molar refractivity (Wildman–Crippen MR) is 111 cm³/mol. The number of phenolic OH excluding ortho intramolecular Hbond substituents is 1. The minimum absolute atomic E-state index is 0.102. The molecule has 0 atom stereocenters. The van der Waals surface area contributed by atoms with Crippen molar-refractivity contribution in [2.24, 2.45) is 0 Å². The summed E-state index contributed by atoms with van der Waals surface area (Å²) in [6.07, 6.45) is 5.28. The van der Waals surface area contributed by atoms with Gasteiger partial charge in [-0.2, -0.15) is 0 Å². The normalized spacial score (nSPS) is 20.2. The van der Waals surface area contributed by atoms with Crippen molar-refractivity contribution in [3.63, 3.8) is 0 Å². The molecule has 0 saturated carbocycles. The zero-order valence-corrected chi connectivity index (χ0v) is 17.6. The second kappa shape index (κ2) is 7.86. The van der Waals surface area contributed by atoms with Crippen LogP contribution in [0.3, 0.4) is 0 Å². The van der Waals surface area contributed by atoms with Crippen LogP contribution in [0.1, 0.15) is 63.4 Å².